The molecule has 1 aliphatic heterocycles. The lowest BCUT2D eigenvalue weighted by atomic mass is 9.65. The van der Waals surface area contributed by atoms with Crippen molar-refractivity contribution >= 4 is 17.4 Å². The molecule has 0 aromatic heterocycles. The van der Waals surface area contributed by atoms with Crippen molar-refractivity contribution in [3.05, 3.63) is 0 Å². The standard InChI is InChI=1S/C13H21NOS/c16-12-14-13(8-4-1-5-9-13)10-6-2-3-7-11(10)15-12/h10-11H,1-9H2,(H,14,16)/t10-,11+/m0/s1. The summed E-state index contributed by atoms with van der Waals surface area (Å²) in [6.45, 7) is 0. The lowest BCUT2D eigenvalue weighted by Gasteiger charge is -2.52. The Morgan fingerprint density at radius 2 is 1.81 bits per heavy atom. The molecule has 0 radical (unpaired) electrons. The predicted molar refractivity (Wildman–Crippen MR) is 68.4 cm³/mol. The molecule has 3 rings (SSSR count). The first-order valence-corrected chi connectivity index (χ1v) is 7.20. The summed E-state index contributed by atoms with van der Waals surface area (Å²) >= 11 is 5.29. The Kier molecular flexibility index (Phi) is 2.82. The Morgan fingerprint density at radius 3 is 2.62 bits per heavy atom. The van der Waals surface area contributed by atoms with Gasteiger partial charge in [-0.3, -0.25) is 0 Å². The highest BCUT2D eigenvalue weighted by atomic mass is 32.1. The normalized spacial score (nSPS) is 37.4. The molecule has 1 spiro atoms. The van der Waals surface area contributed by atoms with E-state index in [0.717, 1.165) is 0 Å². The summed E-state index contributed by atoms with van der Waals surface area (Å²) in [6, 6.07) is 0. The van der Waals surface area contributed by atoms with Crippen LogP contribution in [0.3, 0.4) is 0 Å². The van der Waals surface area contributed by atoms with Crippen molar-refractivity contribution in [2.24, 2.45) is 5.92 Å². The molecule has 2 saturated carbocycles. The van der Waals surface area contributed by atoms with Gasteiger partial charge >= 0.3 is 0 Å². The number of rotatable bonds is 0. The third-order valence-corrected chi connectivity index (χ3v) is 4.97. The predicted octanol–water partition coefficient (Wildman–Crippen LogP) is 3.15. The Morgan fingerprint density at radius 1 is 1.06 bits per heavy atom. The maximum atomic E-state index is 5.84. The summed E-state index contributed by atoms with van der Waals surface area (Å²) in [5, 5.41) is 4.21. The molecule has 2 aliphatic carbocycles. The third-order valence-electron chi connectivity index (χ3n) is 4.77. The number of nitrogens with one attached hydrogen (secondary N) is 1. The van der Waals surface area contributed by atoms with E-state index in [-0.39, 0.29) is 0 Å². The van der Waals surface area contributed by atoms with E-state index in [1.54, 1.807) is 0 Å². The Balaban J connectivity index is 1.85. The molecule has 1 heterocycles. The van der Waals surface area contributed by atoms with E-state index >= 15 is 0 Å². The van der Waals surface area contributed by atoms with Gasteiger partial charge in [-0.2, -0.15) is 0 Å². The number of thiocarbonyl (C=S) groups is 1. The average Bonchev–Trinajstić information content (AvgIpc) is 2.30. The number of hydrogen-bond acceptors (Lipinski definition) is 2. The Labute approximate surface area is 103 Å². The van der Waals surface area contributed by atoms with Gasteiger partial charge in [0, 0.05) is 11.5 Å². The van der Waals surface area contributed by atoms with E-state index in [9.17, 15) is 0 Å². The van der Waals surface area contributed by atoms with Crippen molar-refractivity contribution < 1.29 is 4.74 Å². The van der Waals surface area contributed by atoms with Crippen molar-refractivity contribution in [3.8, 4) is 0 Å². The average molecular weight is 239 g/mol. The first kappa shape index (κ1) is 10.8. The minimum Gasteiger partial charge on any atom is -0.467 e. The van der Waals surface area contributed by atoms with Gasteiger partial charge in [-0.1, -0.05) is 25.7 Å². The van der Waals surface area contributed by atoms with Crippen molar-refractivity contribution in [2.75, 3.05) is 0 Å². The van der Waals surface area contributed by atoms with Crippen LogP contribution < -0.4 is 5.32 Å². The fraction of sp³-hybridized carbons (Fsp3) is 0.923. The smallest absolute Gasteiger partial charge is 0.257 e. The monoisotopic (exact) mass is 239 g/mol. The van der Waals surface area contributed by atoms with Crippen LogP contribution in [0.2, 0.25) is 0 Å². The summed E-state index contributed by atoms with van der Waals surface area (Å²) in [7, 11) is 0. The summed E-state index contributed by atoms with van der Waals surface area (Å²) in [5.74, 6) is 0.716. The van der Waals surface area contributed by atoms with Crippen LogP contribution in [0.5, 0.6) is 0 Å². The fourth-order valence-corrected chi connectivity index (χ4v) is 4.34. The summed E-state index contributed by atoms with van der Waals surface area (Å²) in [4.78, 5) is 0. The third kappa shape index (κ3) is 1.73. The molecule has 0 unspecified atom stereocenters. The number of fused-ring (bicyclic) bond motifs is 2. The van der Waals surface area contributed by atoms with Crippen LogP contribution in [-0.2, 0) is 4.74 Å². The Bertz CT molecular complexity index is 286. The zero-order valence-corrected chi connectivity index (χ0v) is 10.7. The molecule has 3 fully saturated rings. The second-order valence-electron chi connectivity index (χ2n) is 5.68. The molecule has 3 heteroatoms. The van der Waals surface area contributed by atoms with Crippen molar-refractivity contribution in [1.29, 1.82) is 0 Å². The van der Waals surface area contributed by atoms with Gasteiger partial charge in [-0.25, -0.2) is 0 Å². The zero-order valence-electron chi connectivity index (χ0n) is 9.84. The highest BCUT2D eigenvalue weighted by Crippen LogP contribution is 2.44. The molecule has 1 saturated heterocycles. The first-order valence-electron chi connectivity index (χ1n) is 6.79. The van der Waals surface area contributed by atoms with E-state index in [1.165, 1.54) is 57.8 Å². The summed E-state index contributed by atoms with van der Waals surface area (Å²) < 4.78 is 5.84. The second kappa shape index (κ2) is 4.17. The van der Waals surface area contributed by atoms with Gasteiger partial charge in [0.25, 0.3) is 5.17 Å². The van der Waals surface area contributed by atoms with Gasteiger partial charge in [-0.15, -0.1) is 0 Å². The molecule has 2 atom stereocenters. The molecule has 0 bridgehead atoms. The topological polar surface area (TPSA) is 21.3 Å². The molecule has 2 nitrogen and oxygen atoms in total. The van der Waals surface area contributed by atoms with Gasteiger partial charge in [0.15, 0.2) is 0 Å². The SMILES string of the molecule is S=C1NC2(CCCCC2)[C@H]2CCCC[C@H]2O1. The quantitative estimate of drug-likeness (QED) is 0.656. The lowest BCUT2D eigenvalue weighted by Crippen LogP contribution is -2.63. The Hall–Kier alpha value is -0.310. The molecule has 0 aromatic rings. The van der Waals surface area contributed by atoms with E-state index in [2.05, 4.69) is 5.32 Å². The molecular weight excluding hydrogens is 218 g/mol. The fourth-order valence-electron chi connectivity index (χ4n) is 4.01. The highest BCUT2D eigenvalue weighted by Gasteiger charge is 2.49. The van der Waals surface area contributed by atoms with Crippen molar-refractivity contribution in [1.82, 2.24) is 5.32 Å². The van der Waals surface area contributed by atoms with Crippen LogP contribution >= 0.6 is 12.2 Å². The summed E-state index contributed by atoms with van der Waals surface area (Å²) in [5.41, 5.74) is 0.304. The number of ether oxygens (including phenoxy) is 1. The van der Waals surface area contributed by atoms with Gasteiger partial charge in [0.2, 0.25) is 0 Å². The zero-order chi connectivity index (χ0) is 11.0. The molecule has 3 aliphatic rings. The van der Waals surface area contributed by atoms with Crippen LogP contribution in [0.1, 0.15) is 57.8 Å². The van der Waals surface area contributed by atoms with Crippen LogP contribution in [0, 0.1) is 5.92 Å². The molecule has 0 amide bonds. The largest absolute Gasteiger partial charge is 0.467 e. The molecular formula is C13H21NOS. The molecule has 90 valence electrons. The van der Waals surface area contributed by atoms with E-state index < -0.39 is 0 Å². The summed E-state index contributed by atoms with van der Waals surface area (Å²) in [6.07, 6.45) is 12.4. The maximum Gasteiger partial charge on any atom is 0.257 e. The van der Waals surface area contributed by atoms with Gasteiger partial charge < -0.3 is 10.1 Å². The highest BCUT2D eigenvalue weighted by molar-refractivity contribution is 7.80. The van der Waals surface area contributed by atoms with Crippen LogP contribution in [0.4, 0.5) is 0 Å². The van der Waals surface area contributed by atoms with Crippen LogP contribution in [0.25, 0.3) is 0 Å². The molecule has 16 heavy (non-hydrogen) atoms. The molecule has 1 N–H and O–H groups in total. The van der Waals surface area contributed by atoms with E-state index in [1.807, 2.05) is 0 Å². The maximum absolute atomic E-state index is 5.84. The minimum absolute atomic E-state index is 0.304. The van der Waals surface area contributed by atoms with Gasteiger partial charge in [0.05, 0.1) is 0 Å². The number of hydrogen-bond donors (Lipinski definition) is 1. The first-order chi connectivity index (χ1) is 7.80. The van der Waals surface area contributed by atoms with Crippen molar-refractivity contribution in [2.45, 2.75) is 69.4 Å². The van der Waals surface area contributed by atoms with E-state index in [4.69, 9.17) is 17.0 Å². The molecule has 0 aromatic carbocycles. The van der Waals surface area contributed by atoms with Gasteiger partial charge in [-0.05, 0) is 44.3 Å². The second-order valence-corrected chi connectivity index (χ2v) is 6.05. The van der Waals surface area contributed by atoms with Crippen molar-refractivity contribution in [3.63, 3.8) is 0 Å². The lowest BCUT2D eigenvalue weighted by molar-refractivity contribution is -0.0229. The van der Waals surface area contributed by atoms with Crippen LogP contribution in [-0.4, -0.2) is 16.8 Å². The van der Waals surface area contributed by atoms with Gasteiger partial charge in [0.1, 0.15) is 6.10 Å². The van der Waals surface area contributed by atoms with E-state index in [0.29, 0.717) is 22.7 Å². The minimum atomic E-state index is 0.304. The van der Waals surface area contributed by atoms with Crippen LogP contribution in [0.15, 0.2) is 0 Å².